The highest BCUT2D eigenvalue weighted by Gasteiger charge is 2.23. The number of anilines is 2. The molecule has 5 rings (SSSR count). The van der Waals surface area contributed by atoms with Gasteiger partial charge in [0.25, 0.3) is 5.56 Å². The normalized spacial score (nSPS) is 12.3. The molecule has 1 atom stereocenters. The number of rotatable bonds is 4. The number of nitrogen functional groups attached to an aromatic ring is 1. The number of halogens is 1. The van der Waals surface area contributed by atoms with Crippen molar-refractivity contribution in [3.63, 3.8) is 0 Å². The molecule has 5 aromatic rings. The number of H-pyrrole nitrogens is 1. The fourth-order valence-electron chi connectivity index (χ4n) is 3.81. The molecule has 9 nitrogen and oxygen atoms in total. The van der Waals surface area contributed by atoms with E-state index in [4.69, 9.17) is 10.7 Å². The minimum atomic E-state index is -0.361. The van der Waals surface area contributed by atoms with Gasteiger partial charge in [0, 0.05) is 14.8 Å². The molecule has 160 valence electrons. The first-order valence-corrected chi connectivity index (χ1v) is 11.0. The molecule has 0 saturated heterocycles. The monoisotopic (exact) mass is 538 g/mol. The van der Waals surface area contributed by atoms with Crippen molar-refractivity contribution >= 4 is 51.2 Å². The second-order valence-corrected chi connectivity index (χ2v) is 8.58. The number of nitrogens with two attached hydrogens (primary N) is 1. The Labute approximate surface area is 196 Å². The molecule has 1 unspecified atom stereocenters. The Morgan fingerprint density at radius 3 is 2.75 bits per heavy atom. The van der Waals surface area contributed by atoms with Crippen molar-refractivity contribution in [1.29, 1.82) is 0 Å². The maximum atomic E-state index is 13.7. The third-order valence-electron chi connectivity index (χ3n) is 5.28. The van der Waals surface area contributed by atoms with Gasteiger partial charge in [-0.1, -0.05) is 24.3 Å². The number of nitrogens with zero attached hydrogens (tertiary/aromatic N) is 5. The minimum absolute atomic E-state index is 0.110. The van der Waals surface area contributed by atoms with Crippen LogP contribution in [0, 0.1) is 10.5 Å². The molecule has 1 aromatic carbocycles. The lowest BCUT2D eigenvalue weighted by atomic mass is 10.0. The Morgan fingerprint density at radius 2 is 1.94 bits per heavy atom. The van der Waals surface area contributed by atoms with E-state index in [2.05, 4.69) is 47.8 Å². The van der Waals surface area contributed by atoms with E-state index in [0.29, 0.717) is 33.9 Å². The summed E-state index contributed by atoms with van der Waals surface area (Å²) in [6.45, 7) is 3.84. The number of aromatic nitrogens is 6. The molecule has 0 spiro atoms. The van der Waals surface area contributed by atoms with Crippen molar-refractivity contribution in [3.05, 3.63) is 74.1 Å². The topological polar surface area (TPSA) is 127 Å². The van der Waals surface area contributed by atoms with E-state index >= 15 is 0 Å². The molecule has 0 saturated carbocycles. The average Bonchev–Trinajstić information content (AvgIpc) is 3.23. The number of hydrogen-bond donors (Lipinski definition) is 3. The van der Waals surface area contributed by atoms with Crippen molar-refractivity contribution in [3.8, 4) is 11.1 Å². The number of hydrogen-bond acceptors (Lipinski definition) is 7. The number of nitrogens with one attached hydrogen (secondary N) is 2. The van der Waals surface area contributed by atoms with Crippen molar-refractivity contribution < 1.29 is 0 Å². The number of aromatic amines is 1. The van der Waals surface area contributed by atoms with E-state index in [1.807, 2.05) is 56.3 Å². The van der Waals surface area contributed by atoms with E-state index in [9.17, 15) is 4.79 Å². The number of pyridine rings is 1. The van der Waals surface area contributed by atoms with E-state index in [1.54, 1.807) is 4.40 Å². The highest BCUT2D eigenvalue weighted by molar-refractivity contribution is 14.1. The molecule has 0 bridgehead atoms. The van der Waals surface area contributed by atoms with Gasteiger partial charge >= 0.3 is 0 Å². The fourth-order valence-corrected chi connectivity index (χ4v) is 4.47. The summed E-state index contributed by atoms with van der Waals surface area (Å²) in [4.78, 5) is 34.3. The molecule has 4 aromatic heterocycles. The van der Waals surface area contributed by atoms with Crippen LogP contribution >= 0.6 is 22.6 Å². The Hall–Kier alpha value is -3.54. The standard InChI is InChI=1S/C22H19IN8O/c1-11-6-5-9-15-28-17(16(21(32)31(11)15)13-7-3-4-8-14(13)23)12(2)27-20-18-19(26-10-25-18)29-22(24)30-20/h3-10,12H,1-2H3,(H4,24,25,26,27,29,30). The van der Waals surface area contributed by atoms with Crippen molar-refractivity contribution in [2.24, 2.45) is 0 Å². The van der Waals surface area contributed by atoms with Crippen LogP contribution in [0.15, 0.2) is 53.6 Å². The zero-order valence-electron chi connectivity index (χ0n) is 17.3. The molecule has 0 aliphatic heterocycles. The first-order valence-electron chi connectivity index (χ1n) is 9.94. The van der Waals surface area contributed by atoms with Crippen LogP contribution < -0.4 is 16.6 Å². The lowest BCUT2D eigenvalue weighted by Gasteiger charge is -2.20. The van der Waals surface area contributed by atoms with Gasteiger partial charge in [-0.2, -0.15) is 9.97 Å². The van der Waals surface area contributed by atoms with Crippen LogP contribution in [0.5, 0.6) is 0 Å². The molecular weight excluding hydrogens is 519 g/mol. The summed E-state index contributed by atoms with van der Waals surface area (Å²) in [7, 11) is 0. The summed E-state index contributed by atoms with van der Waals surface area (Å²) in [6, 6.07) is 13.0. The van der Waals surface area contributed by atoms with E-state index in [0.717, 1.165) is 14.8 Å². The molecule has 0 aliphatic carbocycles. The summed E-state index contributed by atoms with van der Waals surface area (Å²) >= 11 is 2.24. The van der Waals surface area contributed by atoms with Crippen LogP contribution in [-0.4, -0.2) is 29.3 Å². The number of benzene rings is 1. The predicted molar refractivity (Wildman–Crippen MR) is 132 cm³/mol. The quantitative estimate of drug-likeness (QED) is 0.298. The number of imidazole rings is 1. The Kier molecular flexibility index (Phi) is 5.00. The highest BCUT2D eigenvalue weighted by atomic mass is 127. The largest absolute Gasteiger partial charge is 0.368 e. The lowest BCUT2D eigenvalue weighted by Crippen LogP contribution is -2.24. The molecule has 0 radical (unpaired) electrons. The van der Waals surface area contributed by atoms with Gasteiger partial charge in [-0.15, -0.1) is 0 Å². The molecule has 4 N–H and O–H groups in total. The van der Waals surface area contributed by atoms with Crippen LogP contribution in [0.4, 0.5) is 11.8 Å². The molecule has 0 amide bonds. The van der Waals surface area contributed by atoms with E-state index < -0.39 is 0 Å². The van der Waals surface area contributed by atoms with Crippen molar-refractivity contribution in [2.45, 2.75) is 19.9 Å². The van der Waals surface area contributed by atoms with Gasteiger partial charge < -0.3 is 16.0 Å². The SMILES string of the molecule is Cc1cccc2nc(C(C)Nc3nc(N)nc4nc[nH]c34)c(-c3ccccc3I)c(=O)n12. The molecule has 4 heterocycles. The van der Waals surface area contributed by atoms with Gasteiger partial charge in [0.2, 0.25) is 5.95 Å². The second kappa shape index (κ2) is 7.86. The third kappa shape index (κ3) is 3.36. The van der Waals surface area contributed by atoms with Gasteiger partial charge in [-0.05, 0) is 54.6 Å². The van der Waals surface area contributed by atoms with Crippen LogP contribution in [0.25, 0.3) is 27.9 Å². The maximum absolute atomic E-state index is 13.7. The Balaban J connectivity index is 1.74. The van der Waals surface area contributed by atoms with Gasteiger partial charge in [0.1, 0.15) is 11.2 Å². The summed E-state index contributed by atoms with van der Waals surface area (Å²) in [6.07, 6.45) is 1.54. The van der Waals surface area contributed by atoms with Gasteiger partial charge in [-0.3, -0.25) is 9.20 Å². The smallest absolute Gasteiger partial charge is 0.266 e. The van der Waals surface area contributed by atoms with E-state index in [1.165, 1.54) is 6.33 Å². The number of aryl methyl sites for hydroxylation is 1. The van der Waals surface area contributed by atoms with Gasteiger partial charge in [-0.25, -0.2) is 9.97 Å². The molecular formula is C22H19IN8O. The van der Waals surface area contributed by atoms with Crippen LogP contribution in [0.3, 0.4) is 0 Å². The Morgan fingerprint density at radius 1 is 1.12 bits per heavy atom. The summed E-state index contributed by atoms with van der Waals surface area (Å²) in [5.41, 5.74) is 10.3. The second-order valence-electron chi connectivity index (χ2n) is 7.42. The summed E-state index contributed by atoms with van der Waals surface area (Å²) in [5.74, 6) is 0.608. The lowest BCUT2D eigenvalue weighted by molar-refractivity contribution is 0.821. The van der Waals surface area contributed by atoms with Gasteiger partial charge in [0.15, 0.2) is 11.5 Å². The molecule has 0 fully saturated rings. The van der Waals surface area contributed by atoms with Crippen LogP contribution in [0.2, 0.25) is 0 Å². The summed E-state index contributed by atoms with van der Waals surface area (Å²) < 4.78 is 2.61. The zero-order chi connectivity index (χ0) is 22.4. The van der Waals surface area contributed by atoms with Crippen molar-refractivity contribution in [1.82, 2.24) is 29.3 Å². The van der Waals surface area contributed by atoms with E-state index in [-0.39, 0.29) is 17.5 Å². The molecule has 32 heavy (non-hydrogen) atoms. The average molecular weight is 538 g/mol. The fraction of sp³-hybridized carbons (Fsp3) is 0.136. The van der Waals surface area contributed by atoms with Crippen LogP contribution in [0.1, 0.15) is 24.4 Å². The van der Waals surface area contributed by atoms with Gasteiger partial charge in [0.05, 0.1) is 23.6 Å². The zero-order valence-corrected chi connectivity index (χ0v) is 19.5. The molecule has 10 heteroatoms. The maximum Gasteiger partial charge on any atom is 0.266 e. The first-order chi connectivity index (χ1) is 15.4. The van der Waals surface area contributed by atoms with Crippen LogP contribution in [-0.2, 0) is 0 Å². The summed E-state index contributed by atoms with van der Waals surface area (Å²) in [5, 5.41) is 3.35. The Bertz CT molecular complexity index is 1540. The van der Waals surface area contributed by atoms with Crippen molar-refractivity contribution in [2.75, 3.05) is 11.1 Å². The first kappa shape index (κ1) is 20.4. The molecule has 0 aliphatic rings. The minimum Gasteiger partial charge on any atom is -0.368 e. The predicted octanol–water partition coefficient (Wildman–Crippen LogP) is 3.70. The highest BCUT2D eigenvalue weighted by Crippen LogP contribution is 2.31. The third-order valence-corrected chi connectivity index (χ3v) is 6.22. The number of fused-ring (bicyclic) bond motifs is 2.